The van der Waals surface area contributed by atoms with Gasteiger partial charge in [-0.05, 0) is 43.7 Å². The van der Waals surface area contributed by atoms with Gasteiger partial charge in [0.2, 0.25) is 0 Å². The predicted octanol–water partition coefficient (Wildman–Crippen LogP) is 3.38. The van der Waals surface area contributed by atoms with E-state index in [0.29, 0.717) is 5.75 Å². The van der Waals surface area contributed by atoms with Crippen molar-refractivity contribution in [2.45, 2.75) is 26.0 Å². The molecule has 0 aliphatic carbocycles. The van der Waals surface area contributed by atoms with Gasteiger partial charge in [0, 0.05) is 12.1 Å². The van der Waals surface area contributed by atoms with Crippen molar-refractivity contribution >= 4 is 11.6 Å². The number of ether oxygens (including phenoxy) is 1. The van der Waals surface area contributed by atoms with Crippen molar-refractivity contribution in [2.24, 2.45) is 0 Å². The fraction of sp³-hybridized carbons (Fsp3) is 0.235. The Balaban J connectivity index is 1.93. The van der Waals surface area contributed by atoms with Crippen molar-refractivity contribution in [1.82, 2.24) is 5.32 Å². The molecule has 0 bridgehead atoms. The molecule has 0 heterocycles. The number of nitrogens with one attached hydrogen (secondary N) is 1. The maximum absolute atomic E-state index is 12.9. The molecule has 1 N–H and O–H groups in total. The lowest BCUT2D eigenvalue weighted by atomic mass is 10.1. The average Bonchev–Trinajstić information content (AvgIpc) is 2.55. The van der Waals surface area contributed by atoms with E-state index in [1.165, 1.54) is 36.4 Å². The molecule has 0 radical (unpaired) electrons. The van der Waals surface area contributed by atoms with Crippen LogP contribution in [0.5, 0.6) is 5.75 Å². The van der Waals surface area contributed by atoms with Crippen molar-refractivity contribution in [2.75, 3.05) is 0 Å². The molecular formula is C17H17FN2O4. The molecule has 6 nitrogen and oxygen atoms in total. The number of benzene rings is 2. The minimum Gasteiger partial charge on any atom is -0.481 e. The van der Waals surface area contributed by atoms with Crippen LogP contribution in [0.25, 0.3) is 0 Å². The van der Waals surface area contributed by atoms with Gasteiger partial charge in [0.25, 0.3) is 11.6 Å². The smallest absolute Gasteiger partial charge is 0.269 e. The summed E-state index contributed by atoms with van der Waals surface area (Å²) >= 11 is 0. The molecule has 7 heteroatoms. The van der Waals surface area contributed by atoms with Gasteiger partial charge in [0.1, 0.15) is 11.6 Å². The van der Waals surface area contributed by atoms with E-state index in [1.807, 2.05) is 0 Å². The number of amides is 1. The number of rotatable bonds is 6. The maximum atomic E-state index is 12.9. The molecule has 2 aromatic carbocycles. The zero-order chi connectivity index (χ0) is 17.7. The first-order valence-electron chi connectivity index (χ1n) is 7.34. The second-order valence-electron chi connectivity index (χ2n) is 5.29. The van der Waals surface area contributed by atoms with Crippen LogP contribution in [-0.4, -0.2) is 16.9 Å². The fourth-order valence-corrected chi connectivity index (χ4v) is 2.07. The van der Waals surface area contributed by atoms with Gasteiger partial charge in [-0.1, -0.05) is 12.1 Å². The summed E-state index contributed by atoms with van der Waals surface area (Å²) in [4.78, 5) is 22.2. The topological polar surface area (TPSA) is 81.5 Å². The standard InChI is InChI=1S/C17H17FN2O4/c1-11(13-3-5-14(18)6-4-13)19-17(21)12(2)24-16-9-7-15(8-10-16)20(22)23/h3-12H,1-2H3,(H,19,21)/t11-,12-/m1/s1. The van der Waals surface area contributed by atoms with E-state index in [-0.39, 0.29) is 23.5 Å². The summed E-state index contributed by atoms with van der Waals surface area (Å²) in [5.74, 6) is -0.324. The normalized spacial score (nSPS) is 13.0. The third-order valence-corrected chi connectivity index (χ3v) is 3.46. The van der Waals surface area contributed by atoms with E-state index in [1.54, 1.807) is 26.0 Å². The van der Waals surface area contributed by atoms with Gasteiger partial charge in [-0.2, -0.15) is 0 Å². The molecular weight excluding hydrogens is 315 g/mol. The van der Waals surface area contributed by atoms with Crippen LogP contribution in [0.1, 0.15) is 25.5 Å². The first-order chi connectivity index (χ1) is 11.4. The van der Waals surface area contributed by atoms with E-state index < -0.39 is 11.0 Å². The van der Waals surface area contributed by atoms with Crippen LogP contribution in [0.4, 0.5) is 10.1 Å². The lowest BCUT2D eigenvalue weighted by molar-refractivity contribution is -0.384. The van der Waals surface area contributed by atoms with Gasteiger partial charge in [0.15, 0.2) is 6.10 Å². The molecule has 24 heavy (non-hydrogen) atoms. The molecule has 2 aromatic rings. The van der Waals surface area contributed by atoms with Crippen molar-refractivity contribution < 1.29 is 18.8 Å². The lowest BCUT2D eigenvalue weighted by Gasteiger charge is -2.19. The predicted molar refractivity (Wildman–Crippen MR) is 86.1 cm³/mol. The number of nitro benzene ring substituents is 1. The van der Waals surface area contributed by atoms with Crippen LogP contribution in [0.2, 0.25) is 0 Å². The Bertz CT molecular complexity index is 716. The minimum atomic E-state index is -0.783. The summed E-state index contributed by atoms with van der Waals surface area (Å²) in [6.07, 6.45) is -0.783. The van der Waals surface area contributed by atoms with Crippen LogP contribution >= 0.6 is 0 Å². The second kappa shape index (κ2) is 7.54. The molecule has 0 aliphatic heterocycles. The van der Waals surface area contributed by atoms with Crippen LogP contribution < -0.4 is 10.1 Å². The minimum absolute atomic E-state index is 0.0515. The summed E-state index contributed by atoms with van der Waals surface area (Å²) in [6.45, 7) is 3.36. The van der Waals surface area contributed by atoms with Crippen LogP contribution in [-0.2, 0) is 4.79 Å². The van der Waals surface area contributed by atoms with E-state index >= 15 is 0 Å². The van der Waals surface area contributed by atoms with Gasteiger partial charge in [-0.15, -0.1) is 0 Å². The number of non-ortho nitro benzene ring substituents is 1. The Labute approximate surface area is 138 Å². The van der Waals surface area contributed by atoms with Crippen LogP contribution in [0, 0.1) is 15.9 Å². The van der Waals surface area contributed by atoms with Gasteiger partial charge < -0.3 is 10.1 Å². The largest absolute Gasteiger partial charge is 0.481 e. The zero-order valence-corrected chi connectivity index (χ0v) is 13.2. The first-order valence-corrected chi connectivity index (χ1v) is 7.34. The Morgan fingerprint density at radius 3 is 2.25 bits per heavy atom. The second-order valence-corrected chi connectivity index (χ2v) is 5.29. The highest BCUT2D eigenvalue weighted by molar-refractivity contribution is 5.81. The van der Waals surface area contributed by atoms with Crippen molar-refractivity contribution in [3.63, 3.8) is 0 Å². The first kappa shape index (κ1) is 17.4. The lowest BCUT2D eigenvalue weighted by Crippen LogP contribution is -2.37. The fourth-order valence-electron chi connectivity index (χ4n) is 2.07. The number of halogens is 1. The molecule has 0 saturated heterocycles. The molecule has 2 rings (SSSR count). The summed E-state index contributed by atoms with van der Waals surface area (Å²) in [7, 11) is 0. The van der Waals surface area contributed by atoms with Crippen molar-refractivity contribution in [3.05, 3.63) is 70.0 Å². The molecule has 126 valence electrons. The zero-order valence-electron chi connectivity index (χ0n) is 13.2. The quantitative estimate of drug-likeness (QED) is 0.649. The molecule has 0 unspecified atom stereocenters. The summed E-state index contributed by atoms with van der Waals surface area (Å²) in [5.41, 5.74) is 0.719. The van der Waals surface area contributed by atoms with Gasteiger partial charge in [-0.3, -0.25) is 14.9 Å². The van der Waals surface area contributed by atoms with Crippen LogP contribution in [0.15, 0.2) is 48.5 Å². The number of hydrogen-bond donors (Lipinski definition) is 1. The highest BCUT2D eigenvalue weighted by Crippen LogP contribution is 2.19. The molecule has 0 spiro atoms. The molecule has 0 aromatic heterocycles. The average molecular weight is 332 g/mol. The highest BCUT2D eigenvalue weighted by atomic mass is 19.1. The maximum Gasteiger partial charge on any atom is 0.269 e. The van der Waals surface area contributed by atoms with Gasteiger partial charge in [-0.25, -0.2) is 4.39 Å². The SMILES string of the molecule is C[C@@H](Oc1ccc([N+](=O)[O-])cc1)C(=O)N[C@H](C)c1ccc(F)cc1. The van der Waals surface area contributed by atoms with Crippen molar-refractivity contribution in [1.29, 1.82) is 0 Å². The van der Waals surface area contributed by atoms with Gasteiger partial charge in [0.05, 0.1) is 11.0 Å². The highest BCUT2D eigenvalue weighted by Gasteiger charge is 2.18. The molecule has 0 fully saturated rings. The molecule has 0 aliphatic rings. The van der Waals surface area contributed by atoms with Gasteiger partial charge >= 0.3 is 0 Å². The Morgan fingerprint density at radius 2 is 1.71 bits per heavy atom. The number of nitrogens with zero attached hydrogens (tertiary/aromatic N) is 1. The van der Waals surface area contributed by atoms with E-state index in [0.717, 1.165) is 5.56 Å². The van der Waals surface area contributed by atoms with Crippen molar-refractivity contribution in [3.8, 4) is 5.75 Å². The van der Waals surface area contributed by atoms with Crippen LogP contribution in [0.3, 0.4) is 0 Å². The number of carbonyl (C=O) groups is 1. The van der Waals surface area contributed by atoms with E-state index in [2.05, 4.69) is 5.32 Å². The Morgan fingerprint density at radius 1 is 1.12 bits per heavy atom. The monoisotopic (exact) mass is 332 g/mol. The summed E-state index contributed by atoms with van der Waals surface area (Å²) < 4.78 is 18.4. The summed E-state index contributed by atoms with van der Waals surface area (Å²) in [6, 6.07) is 11.0. The Kier molecular flexibility index (Phi) is 5.47. The molecule has 2 atom stereocenters. The molecule has 0 saturated carbocycles. The van der Waals surface area contributed by atoms with E-state index in [4.69, 9.17) is 4.74 Å². The number of nitro groups is 1. The summed E-state index contributed by atoms with van der Waals surface area (Å²) in [5, 5.41) is 13.4. The third-order valence-electron chi connectivity index (χ3n) is 3.46. The number of hydrogen-bond acceptors (Lipinski definition) is 4. The molecule has 1 amide bonds. The third kappa shape index (κ3) is 4.52. The number of carbonyl (C=O) groups excluding carboxylic acids is 1. The van der Waals surface area contributed by atoms with E-state index in [9.17, 15) is 19.3 Å². The Hall–Kier alpha value is -2.96.